The van der Waals surface area contributed by atoms with Crippen molar-refractivity contribution in [2.45, 2.75) is 32.5 Å². The Hall–Kier alpha value is -2.17. The Morgan fingerprint density at radius 1 is 0.962 bits per heavy atom. The van der Waals surface area contributed by atoms with Crippen molar-refractivity contribution >= 4 is 5.97 Å². The van der Waals surface area contributed by atoms with Crippen LogP contribution in [-0.4, -0.2) is 54.1 Å². The summed E-state index contributed by atoms with van der Waals surface area (Å²) in [5.41, 5.74) is 1.97. The molecule has 0 saturated carbocycles. The van der Waals surface area contributed by atoms with Crippen LogP contribution in [0.5, 0.6) is 0 Å². The minimum absolute atomic E-state index is 0.241. The maximum atomic E-state index is 12.0. The molecule has 0 spiro atoms. The first-order valence-electron chi connectivity index (χ1n) is 9.37. The molecular weight excluding hydrogens is 324 g/mol. The van der Waals surface area contributed by atoms with Crippen LogP contribution in [0.1, 0.15) is 29.8 Å². The summed E-state index contributed by atoms with van der Waals surface area (Å²) >= 11 is 0. The van der Waals surface area contributed by atoms with Crippen LogP contribution in [-0.2, 0) is 11.3 Å². The van der Waals surface area contributed by atoms with Gasteiger partial charge in [-0.1, -0.05) is 48.5 Å². The van der Waals surface area contributed by atoms with Crippen LogP contribution >= 0.6 is 0 Å². The summed E-state index contributed by atoms with van der Waals surface area (Å²) in [6.45, 7) is 8.77. The first-order chi connectivity index (χ1) is 12.6. The van der Waals surface area contributed by atoms with E-state index in [1.165, 1.54) is 5.56 Å². The molecular formula is C22H28N2O2. The molecule has 26 heavy (non-hydrogen) atoms. The molecule has 138 valence electrons. The monoisotopic (exact) mass is 352 g/mol. The minimum Gasteiger partial charge on any atom is -0.461 e. The number of benzene rings is 2. The van der Waals surface area contributed by atoms with Crippen molar-refractivity contribution in [2.75, 3.05) is 26.2 Å². The van der Waals surface area contributed by atoms with Gasteiger partial charge >= 0.3 is 5.97 Å². The zero-order chi connectivity index (χ0) is 18.4. The molecule has 0 radical (unpaired) electrons. The molecule has 4 nitrogen and oxygen atoms in total. The van der Waals surface area contributed by atoms with Crippen molar-refractivity contribution in [1.29, 1.82) is 0 Å². The Balaban J connectivity index is 1.46. The second-order valence-corrected chi connectivity index (χ2v) is 7.12. The van der Waals surface area contributed by atoms with E-state index in [0.717, 1.165) is 26.2 Å². The topological polar surface area (TPSA) is 32.8 Å². The van der Waals surface area contributed by atoms with Gasteiger partial charge in [0.15, 0.2) is 0 Å². The van der Waals surface area contributed by atoms with Crippen molar-refractivity contribution in [3.8, 4) is 0 Å². The van der Waals surface area contributed by atoms with E-state index >= 15 is 0 Å². The third kappa shape index (κ3) is 4.93. The number of rotatable bonds is 6. The number of hydrogen-bond acceptors (Lipinski definition) is 4. The molecule has 1 aliphatic rings. The summed E-state index contributed by atoms with van der Waals surface area (Å²) in [6.07, 6.45) is 0. The number of ether oxygens (including phenoxy) is 1. The predicted molar refractivity (Wildman–Crippen MR) is 104 cm³/mol. The minimum atomic E-state index is -0.241. The number of esters is 1. The summed E-state index contributed by atoms with van der Waals surface area (Å²) < 4.78 is 5.43. The highest BCUT2D eigenvalue weighted by atomic mass is 16.5. The molecule has 1 fully saturated rings. The highest BCUT2D eigenvalue weighted by Crippen LogP contribution is 2.18. The van der Waals surface area contributed by atoms with Crippen LogP contribution in [0.15, 0.2) is 60.7 Å². The molecule has 0 unspecified atom stereocenters. The summed E-state index contributed by atoms with van der Waals surface area (Å²) in [7, 11) is 0. The third-order valence-electron chi connectivity index (χ3n) is 5.04. The van der Waals surface area contributed by atoms with Gasteiger partial charge in [-0.3, -0.25) is 9.80 Å². The van der Waals surface area contributed by atoms with Gasteiger partial charge in [0.2, 0.25) is 0 Å². The molecule has 3 rings (SSSR count). The van der Waals surface area contributed by atoms with Gasteiger partial charge in [0.25, 0.3) is 0 Å². The van der Waals surface area contributed by atoms with Crippen LogP contribution in [0.3, 0.4) is 0 Å². The Morgan fingerprint density at radius 2 is 1.54 bits per heavy atom. The summed E-state index contributed by atoms with van der Waals surface area (Å²) in [4.78, 5) is 17.0. The molecule has 2 aromatic rings. The Bertz CT molecular complexity index is 678. The zero-order valence-electron chi connectivity index (χ0n) is 15.7. The van der Waals surface area contributed by atoms with E-state index in [9.17, 15) is 4.79 Å². The molecule has 2 aromatic carbocycles. The predicted octanol–water partition coefficient (Wildman–Crippen LogP) is 3.44. The second kappa shape index (κ2) is 8.97. The van der Waals surface area contributed by atoms with E-state index in [1.54, 1.807) is 12.1 Å². The number of nitrogens with zero attached hydrogens (tertiary/aromatic N) is 2. The van der Waals surface area contributed by atoms with E-state index in [2.05, 4.69) is 54.0 Å². The Morgan fingerprint density at radius 3 is 2.15 bits per heavy atom. The number of hydrogen-bond donors (Lipinski definition) is 0. The normalized spacial score (nSPS) is 21.5. The Labute approximate surface area is 156 Å². The van der Waals surface area contributed by atoms with Crippen LogP contribution in [0.2, 0.25) is 0 Å². The van der Waals surface area contributed by atoms with Gasteiger partial charge in [-0.25, -0.2) is 4.79 Å². The summed E-state index contributed by atoms with van der Waals surface area (Å²) in [5, 5.41) is 0. The molecule has 1 aliphatic heterocycles. The first-order valence-corrected chi connectivity index (χ1v) is 9.37. The van der Waals surface area contributed by atoms with Crippen molar-refractivity contribution in [2.24, 2.45) is 0 Å². The maximum absolute atomic E-state index is 12.0. The zero-order valence-corrected chi connectivity index (χ0v) is 15.7. The first kappa shape index (κ1) is 18.6. The van der Waals surface area contributed by atoms with Gasteiger partial charge < -0.3 is 4.74 Å². The van der Waals surface area contributed by atoms with Gasteiger partial charge in [0.05, 0.1) is 5.56 Å². The lowest BCUT2D eigenvalue weighted by Crippen LogP contribution is -2.56. The lowest BCUT2D eigenvalue weighted by molar-refractivity contribution is 0.0157. The lowest BCUT2D eigenvalue weighted by atomic mass is 10.1. The quantitative estimate of drug-likeness (QED) is 0.746. The van der Waals surface area contributed by atoms with E-state index in [1.807, 2.05) is 18.2 Å². The van der Waals surface area contributed by atoms with Crippen molar-refractivity contribution in [3.05, 3.63) is 71.8 Å². The van der Waals surface area contributed by atoms with Crippen LogP contribution < -0.4 is 0 Å². The smallest absolute Gasteiger partial charge is 0.338 e. The molecule has 0 amide bonds. The van der Waals surface area contributed by atoms with Crippen LogP contribution in [0.25, 0.3) is 0 Å². The molecule has 0 bridgehead atoms. The number of carbonyl (C=O) groups excluding carboxylic acids is 1. The number of carbonyl (C=O) groups is 1. The molecule has 1 saturated heterocycles. The molecule has 2 atom stereocenters. The number of piperazine rings is 1. The molecule has 0 aliphatic carbocycles. The Kier molecular flexibility index (Phi) is 6.42. The van der Waals surface area contributed by atoms with E-state index in [4.69, 9.17) is 4.74 Å². The fraction of sp³-hybridized carbons (Fsp3) is 0.409. The van der Waals surface area contributed by atoms with Gasteiger partial charge in [0, 0.05) is 38.3 Å². The highest BCUT2D eigenvalue weighted by molar-refractivity contribution is 5.89. The van der Waals surface area contributed by atoms with Crippen molar-refractivity contribution in [3.63, 3.8) is 0 Å². The van der Waals surface area contributed by atoms with Crippen LogP contribution in [0, 0.1) is 0 Å². The fourth-order valence-electron chi connectivity index (χ4n) is 3.68. The third-order valence-corrected chi connectivity index (χ3v) is 5.04. The van der Waals surface area contributed by atoms with E-state index in [0.29, 0.717) is 24.3 Å². The fourth-order valence-corrected chi connectivity index (χ4v) is 3.68. The molecule has 1 heterocycles. The maximum Gasteiger partial charge on any atom is 0.338 e. The lowest BCUT2D eigenvalue weighted by Gasteiger charge is -2.44. The average molecular weight is 352 g/mol. The van der Waals surface area contributed by atoms with E-state index in [-0.39, 0.29) is 5.97 Å². The van der Waals surface area contributed by atoms with Gasteiger partial charge in [0.1, 0.15) is 6.61 Å². The van der Waals surface area contributed by atoms with Crippen molar-refractivity contribution in [1.82, 2.24) is 9.80 Å². The molecule has 0 aromatic heterocycles. The van der Waals surface area contributed by atoms with Crippen LogP contribution in [0.4, 0.5) is 0 Å². The summed E-state index contributed by atoms with van der Waals surface area (Å²) in [5.74, 6) is -0.241. The molecule has 0 N–H and O–H groups in total. The van der Waals surface area contributed by atoms with Crippen molar-refractivity contribution < 1.29 is 9.53 Å². The van der Waals surface area contributed by atoms with Gasteiger partial charge in [-0.15, -0.1) is 0 Å². The van der Waals surface area contributed by atoms with Gasteiger partial charge in [-0.2, -0.15) is 0 Å². The SMILES string of the molecule is C[C@@H]1CN(CCOC(=O)c2ccccc2)C[C@H](C)N1Cc1ccccc1. The second-order valence-electron chi connectivity index (χ2n) is 7.12. The standard InChI is InChI=1S/C22H28N2O2/c1-18-15-23(13-14-26-22(25)21-11-7-4-8-12-21)16-19(2)24(18)17-20-9-5-3-6-10-20/h3-12,18-19H,13-17H2,1-2H3/t18-,19+. The largest absolute Gasteiger partial charge is 0.461 e. The van der Waals surface area contributed by atoms with Gasteiger partial charge in [-0.05, 0) is 31.5 Å². The summed E-state index contributed by atoms with van der Waals surface area (Å²) in [6, 6.07) is 20.8. The van der Waals surface area contributed by atoms with E-state index < -0.39 is 0 Å². The molecule has 4 heteroatoms. The highest BCUT2D eigenvalue weighted by Gasteiger charge is 2.29. The average Bonchev–Trinajstić information content (AvgIpc) is 2.66.